The fraction of sp³-hybridized carbons (Fsp3) is 0.333. The summed E-state index contributed by atoms with van der Waals surface area (Å²) in [7, 11) is 0. The van der Waals surface area contributed by atoms with E-state index in [2.05, 4.69) is 5.10 Å². The highest BCUT2D eigenvalue weighted by Gasteiger charge is 2.43. The smallest absolute Gasteiger partial charge is 0.319 e. The van der Waals surface area contributed by atoms with Crippen LogP contribution in [0.3, 0.4) is 0 Å². The van der Waals surface area contributed by atoms with Crippen LogP contribution in [0.1, 0.15) is 42.8 Å². The number of hydrogen-bond donors (Lipinski definition) is 1. The van der Waals surface area contributed by atoms with Crippen LogP contribution >= 0.6 is 11.6 Å². The molecule has 1 aromatic heterocycles. The van der Waals surface area contributed by atoms with Gasteiger partial charge in [-0.05, 0) is 6.92 Å². The quantitative estimate of drug-likeness (QED) is 0.402. The molecule has 0 spiro atoms. The average molecular weight is 490 g/mol. The lowest BCUT2D eigenvalue weighted by Gasteiger charge is -2.18. The number of nitrogens with one attached hydrogen (secondary N) is 1. The highest BCUT2D eigenvalue weighted by atomic mass is 35.5. The maximum atomic E-state index is 13.9. The molecule has 1 heterocycles. The molecule has 1 amide bonds. The number of anilines is 1. The summed E-state index contributed by atoms with van der Waals surface area (Å²) in [5, 5.41) is 3.00. The van der Waals surface area contributed by atoms with Crippen molar-refractivity contribution in [1.29, 1.82) is 0 Å². The third-order valence-electron chi connectivity index (χ3n) is 3.87. The number of hydrogen-bond acceptors (Lipinski definition) is 2. The van der Waals surface area contributed by atoms with Crippen molar-refractivity contribution in [2.45, 2.75) is 32.0 Å². The highest BCUT2D eigenvalue weighted by Crippen LogP contribution is 2.39. The Bertz CT molecular complexity index is 990. The SMILES string of the molecule is CC(C(=O)Nc1c(F)c(F)c(C(F)(F)F)c(F)c1F)n1nc(C(F)F)c(Cl)c1C(F)F. The molecule has 0 bridgehead atoms. The number of benzene rings is 1. The van der Waals surface area contributed by atoms with Gasteiger partial charge in [-0.25, -0.2) is 39.8 Å². The monoisotopic (exact) mass is 489 g/mol. The summed E-state index contributed by atoms with van der Waals surface area (Å²) in [6, 6.07) is -2.08. The van der Waals surface area contributed by atoms with Crippen LogP contribution in [-0.4, -0.2) is 15.7 Å². The molecule has 2 aromatic rings. The van der Waals surface area contributed by atoms with Gasteiger partial charge in [0.25, 0.3) is 12.9 Å². The Balaban J connectivity index is 2.51. The highest BCUT2D eigenvalue weighted by molar-refractivity contribution is 6.32. The van der Waals surface area contributed by atoms with E-state index in [0.29, 0.717) is 6.92 Å². The molecule has 1 unspecified atom stereocenters. The zero-order valence-corrected chi connectivity index (χ0v) is 15.3. The molecule has 0 saturated carbocycles. The Morgan fingerprint density at radius 3 is 1.84 bits per heavy atom. The summed E-state index contributed by atoms with van der Waals surface area (Å²) in [6.45, 7) is 0.701. The minimum Gasteiger partial charge on any atom is -0.319 e. The Morgan fingerprint density at radius 2 is 1.45 bits per heavy atom. The number of carbonyl (C=O) groups is 1. The predicted molar refractivity (Wildman–Crippen MR) is 81.8 cm³/mol. The van der Waals surface area contributed by atoms with Crippen molar-refractivity contribution in [3.05, 3.63) is 45.2 Å². The number of amides is 1. The molecular formula is C15H7ClF11N3O. The second-order valence-corrected chi connectivity index (χ2v) is 6.18. The molecule has 1 N–H and O–H groups in total. The van der Waals surface area contributed by atoms with Crippen LogP contribution in [-0.2, 0) is 11.0 Å². The van der Waals surface area contributed by atoms with E-state index in [0.717, 1.165) is 0 Å². The molecule has 2 rings (SSSR count). The van der Waals surface area contributed by atoms with E-state index < -0.39 is 81.9 Å². The molecule has 0 saturated heterocycles. The standard InChI is InChI=1S/C15H7ClF11N3O/c1-2(30-11(13(23)24)4(16)9(29-30)12(21)22)14(31)28-10-7(19)5(17)3(15(25,26)27)6(18)8(10)20/h2,12-13H,1H3,(H,28,31). The van der Waals surface area contributed by atoms with Gasteiger partial charge in [0.05, 0.1) is 5.02 Å². The summed E-state index contributed by atoms with van der Waals surface area (Å²) < 4.78 is 145. The largest absolute Gasteiger partial charge is 0.422 e. The third kappa shape index (κ3) is 4.41. The lowest BCUT2D eigenvalue weighted by molar-refractivity contribution is -0.143. The van der Waals surface area contributed by atoms with E-state index in [9.17, 15) is 53.1 Å². The van der Waals surface area contributed by atoms with Gasteiger partial charge in [-0.15, -0.1) is 0 Å². The number of aromatic nitrogens is 2. The number of halogens is 12. The van der Waals surface area contributed by atoms with Crippen molar-refractivity contribution < 1.29 is 53.1 Å². The van der Waals surface area contributed by atoms with Gasteiger partial charge in [0.2, 0.25) is 5.91 Å². The number of nitrogens with zero attached hydrogens (tertiary/aromatic N) is 2. The van der Waals surface area contributed by atoms with Crippen molar-refractivity contribution >= 4 is 23.2 Å². The minimum absolute atomic E-state index is 0.0313. The Kier molecular flexibility index (Phi) is 6.78. The molecule has 16 heteroatoms. The Hall–Kier alpha value is -2.58. The van der Waals surface area contributed by atoms with Crippen LogP contribution in [0.25, 0.3) is 0 Å². The van der Waals surface area contributed by atoms with Crippen molar-refractivity contribution in [2.24, 2.45) is 0 Å². The van der Waals surface area contributed by atoms with E-state index >= 15 is 0 Å². The van der Waals surface area contributed by atoms with Crippen LogP contribution < -0.4 is 5.32 Å². The lowest BCUT2D eigenvalue weighted by Crippen LogP contribution is -2.28. The van der Waals surface area contributed by atoms with Gasteiger partial charge in [0, 0.05) is 0 Å². The second kappa shape index (κ2) is 8.51. The fourth-order valence-corrected chi connectivity index (χ4v) is 2.69. The molecule has 0 radical (unpaired) electrons. The molecule has 0 aliphatic rings. The second-order valence-electron chi connectivity index (χ2n) is 5.80. The van der Waals surface area contributed by atoms with Crippen molar-refractivity contribution in [3.8, 4) is 0 Å². The molecule has 1 atom stereocenters. The van der Waals surface area contributed by atoms with E-state index in [1.165, 1.54) is 5.32 Å². The maximum absolute atomic E-state index is 13.9. The molecule has 0 fully saturated rings. The first-order chi connectivity index (χ1) is 14.1. The molecule has 31 heavy (non-hydrogen) atoms. The summed E-state index contributed by atoms with van der Waals surface area (Å²) in [4.78, 5) is 12.1. The fourth-order valence-electron chi connectivity index (χ4n) is 2.41. The first kappa shape index (κ1) is 24.7. The van der Waals surface area contributed by atoms with Crippen LogP contribution in [0, 0.1) is 23.3 Å². The number of alkyl halides is 7. The van der Waals surface area contributed by atoms with E-state index in [-0.39, 0.29) is 4.68 Å². The van der Waals surface area contributed by atoms with Gasteiger partial charge < -0.3 is 5.32 Å². The Morgan fingerprint density at radius 1 is 0.968 bits per heavy atom. The van der Waals surface area contributed by atoms with Crippen LogP contribution in [0.5, 0.6) is 0 Å². The average Bonchev–Trinajstić information content (AvgIpc) is 2.99. The first-order valence-electron chi connectivity index (χ1n) is 7.69. The first-order valence-corrected chi connectivity index (χ1v) is 8.07. The van der Waals surface area contributed by atoms with E-state index in [4.69, 9.17) is 11.6 Å². The van der Waals surface area contributed by atoms with Gasteiger partial charge in [0.15, 0.2) is 23.3 Å². The normalized spacial score (nSPS) is 13.3. The Labute approximate surface area is 169 Å². The molecule has 1 aromatic carbocycles. The van der Waals surface area contributed by atoms with E-state index in [1.807, 2.05) is 0 Å². The molecular weight excluding hydrogens is 483 g/mol. The van der Waals surface area contributed by atoms with Gasteiger partial charge in [-0.2, -0.15) is 18.3 Å². The summed E-state index contributed by atoms with van der Waals surface area (Å²) in [5.41, 5.74) is -7.66. The van der Waals surface area contributed by atoms with Crippen LogP contribution in [0.4, 0.5) is 54.0 Å². The summed E-state index contributed by atoms with van der Waals surface area (Å²) in [5.74, 6) is -12.8. The predicted octanol–water partition coefficient (Wildman–Crippen LogP) is 6.19. The van der Waals surface area contributed by atoms with E-state index in [1.54, 1.807) is 0 Å². The zero-order chi connectivity index (χ0) is 24.0. The minimum atomic E-state index is -5.84. The maximum Gasteiger partial charge on any atom is 0.422 e. The summed E-state index contributed by atoms with van der Waals surface area (Å²) >= 11 is 5.38. The van der Waals surface area contributed by atoms with Crippen molar-refractivity contribution in [3.63, 3.8) is 0 Å². The zero-order valence-electron chi connectivity index (χ0n) is 14.6. The number of carbonyl (C=O) groups excluding carboxylic acids is 1. The van der Waals surface area contributed by atoms with Crippen LogP contribution in [0.2, 0.25) is 5.02 Å². The molecule has 0 aliphatic heterocycles. The van der Waals surface area contributed by atoms with Crippen molar-refractivity contribution in [2.75, 3.05) is 5.32 Å². The molecule has 0 aliphatic carbocycles. The summed E-state index contributed by atoms with van der Waals surface area (Å²) in [6.07, 6.45) is -12.9. The van der Waals surface area contributed by atoms with Crippen molar-refractivity contribution in [1.82, 2.24) is 9.78 Å². The van der Waals surface area contributed by atoms with Gasteiger partial charge in [-0.1, -0.05) is 11.6 Å². The van der Waals surface area contributed by atoms with Gasteiger partial charge >= 0.3 is 6.18 Å². The van der Waals surface area contributed by atoms with Gasteiger partial charge in [-0.3, -0.25) is 4.79 Å². The molecule has 4 nitrogen and oxygen atoms in total. The topological polar surface area (TPSA) is 46.9 Å². The number of rotatable bonds is 5. The third-order valence-corrected chi connectivity index (χ3v) is 4.25. The van der Waals surface area contributed by atoms with Crippen LogP contribution in [0.15, 0.2) is 0 Å². The van der Waals surface area contributed by atoms with Gasteiger partial charge in [0.1, 0.15) is 28.7 Å². The lowest BCUT2D eigenvalue weighted by atomic mass is 10.1. The molecule has 172 valence electrons.